The fraction of sp³-hybridized carbons (Fsp3) is 0.739. The highest BCUT2D eigenvalue weighted by molar-refractivity contribution is 5.91. The van der Waals surface area contributed by atoms with Gasteiger partial charge in [-0.15, -0.1) is 13.2 Å². The number of allylic oxidation sites excluding steroid dienone is 2. The van der Waals surface area contributed by atoms with E-state index in [2.05, 4.69) is 27.0 Å². The molecule has 2 fully saturated rings. The van der Waals surface area contributed by atoms with Crippen LogP contribution in [0.15, 0.2) is 25.3 Å². The normalized spacial score (nSPS) is 25.8. The summed E-state index contributed by atoms with van der Waals surface area (Å²) in [6.07, 6.45) is 9.32. The summed E-state index contributed by atoms with van der Waals surface area (Å²) in [5.41, 5.74) is 0. The van der Waals surface area contributed by atoms with Gasteiger partial charge in [0.1, 0.15) is 18.6 Å². The number of ether oxygens (including phenoxy) is 2. The third kappa shape index (κ3) is 13.2. The minimum atomic E-state index is -0.670. The van der Waals surface area contributed by atoms with Crippen molar-refractivity contribution in [2.24, 2.45) is 0 Å². The van der Waals surface area contributed by atoms with Crippen molar-refractivity contribution < 1.29 is 29.3 Å². The lowest BCUT2D eigenvalue weighted by atomic mass is 9.95. The summed E-state index contributed by atoms with van der Waals surface area (Å²) in [4.78, 5) is 23.4. The van der Waals surface area contributed by atoms with Gasteiger partial charge in [0.15, 0.2) is 0 Å². The Bertz CT molecular complexity index is 434. The van der Waals surface area contributed by atoms with Gasteiger partial charge < -0.3 is 19.7 Å². The number of carbonyl (C=O) groups is 2. The average Bonchev–Trinajstić information content (AvgIpc) is 2.71. The van der Waals surface area contributed by atoms with Gasteiger partial charge in [0, 0.05) is 0 Å². The van der Waals surface area contributed by atoms with Crippen LogP contribution < -0.4 is 0 Å². The molecule has 0 heterocycles. The third-order valence-corrected chi connectivity index (χ3v) is 4.77. The van der Waals surface area contributed by atoms with Crippen LogP contribution in [-0.4, -0.2) is 46.6 Å². The summed E-state index contributed by atoms with van der Waals surface area (Å²) in [6.45, 7) is 11.1. The maximum Gasteiger partial charge on any atom is 0.317 e. The molecule has 4 atom stereocenters. The van der Waals surface area contributed by atoms with Crippen LogP contribution >= 0.6 is 0 Å². The molecule has 29 heavy (non-hydrogen) atoms. The van der Waals surface area contributed by atoms with Gasteiger partial charge in [-0.1, -0.05) is 38.8 Å². The van der Waals surface area contributed by atoms with Crippen LogP contribution in [0.1, 0.15) is 84.5 Å². The van der Waals surface area contributed by atoms with Crippen molar-refractivity contribution in [3.63, 3.8) is 0 Å². The molecule has 2 aliphatic carbocycles. The van der Waals surface area contributed by atoms with Crippen molar-refractivity contribution in [1.82, 2.24) is 0 Å². The quantitative estimate of drug-likeness (QED) is 0.385. The molecule has 0 aromatic carbocycles. The first-order valence-corrected chi connectivity index (χ1v) is 10.9. The average molecular weight is 413 g/mol. The summed E-state index contributed by atoms with van der Waals surface area (Å²) >= 11 is 0. The lowest BCUT2D eigenvalue weighted by molar-refractivity contribution is -0.169. The van der Waals surface area contributed by atoms with E-state index >= 15 is 0 Å². The summed E-state index contributed by atoms with van der Waals surface area (Å²) in [7, 11) is 0. The first kappa shape index (κ1) is 27.3. The summed E-state index contributed by atoms with van der Waals surface area (Å²) in [6, 6.07) is 0. The summed E-state index contributed by atoms with van der Waals surface area (Å²) in [5.74, 6) is -1.34. The first-order chi connectivity index (χ1) is 13.9. The number of hydrogen-bond acceptors (Lipinski definition) is 6. The van der Waals surface area contributed by atoms with Crippen molar-refractivity contribution in [2.75, 3.05) is 0 Å². The number of carbonyl (C=O) groups excluding carboxylic acids is 2. The van der Waals surface area contributed by atoms with Gasteiger partial charge in [-0.3, -0.25) is 9.59 Å². The van der Waals surface area contributed by atoms with Crippen molar-refractivity contribution >= 4 is 11.9 Å². The predicted molar refractivity (Wildman–Crippen MR) is 114 cm³/mol. The van der Waals surface area contributed by atoms with Gasteiger partial charge in [0.25, 0.3) is 0 Å². The molecule has 168 valence electrons. The molecule has 0 aliphatic heterocycles. The number of hydrogen-bond donors (Lipinski definition) is 2. The number of aliphatic hydroxyl groups is 2. The topological polar surface area (TPSA) is 93.1 Å². The molecule has 0 amide bonds. The molecular weight excluding hydrogens is 372 g/mol. The van der Waals surface area contributed by atoms with E-state index in [1.165, 1.54) is 0 Å². The van der Waals surface area contributed by atoms with E-state index in [1.807, 2.05) is 12.2 Å². The molecule has 2 rings (SSSR count). The van der Waals surface area contributed by atoms with Crippen LogP contribution in [0.2, 0.25) is 0 Å². The largest absolute Gasteiger partial charge is 0.459 e. The van der Waals surface area contributed by atoms with E-state index in [0.717, 1.165) is 38.5 Å². The van der Waals surface area contributed by atoms with Crippen LogP contribution in [-0.2, 0) is 19.1 Å². The Hall–Kier alpha value is -1.66. The smallest absolute Gasteiger partial charge is 0.317 e. The maximum absolute atomic E-state index is 11.7. The fourth-order valence-electron chi connectivity index (χ4n) is 2.97. The Morgan fingerprint density at radius 2 is 1.10 bits per heavy atom. The second kappa shape index (κ2) is 17.2. The van der Waals surface area contributed by atoms with Crippen molar-refractivity contribution in [3.8, 4) is 0 Å². The van der Waals surface area contributed by atoms with Gasteiger partial charge in [-0.25, -0.2) is 0 Å². The molecule has 0 bridgehead atoms. The van der Waals surface area contributed by atoms with Crippen LogP contribution in [0, 0.1) is 0 Å². The Kier molecular flexibility index (Phi) is 16.2. The Labute approximate surface area is 176 Å². The van der Waals surface area contributed by atoms with Crippen molar-refractivity contribution in [1.29, 1.82) is 0 Å². The Morgan fingerprint density at radius 3 is 1.38 bits per heavy atom. The van der Waals surface area contributed by atoms with Crippen molar-refractivity contribution in [2.45, 2.75) is 109 Å². The number of aliphatic hydroxyl groups excluding tert-OH is 2. The monoisotopic (exact) mass is 412 g/mol. The van der Waals surface area contributed by atoms with E-state index in [0.29, 0.717) is 25.7 Å². The van der Waals surface area contributed by atoms with Gasteiger partial charge in [0.05, 0.1) is 12.2 Å². The van der Waals surface area contributed by atoms with E-state index < -0.39 is 42.8 Å². The molecule has 2 aliphatic rings. The lowest BCUT2D eigenvalue weighted by Crippen LogP contribution is -2.36. The molecule has 2 saturated carbocycles. The Morgan fingerprint density at radius 1 is 0.793 bits per heavy atom. The number of esters is 2. The number of rotatable bonds is 6. The summed E-state index contributed by atoms with van der Waals surface area (Å²) in [5, 5.41) is 19.4. The second-order valence-corrected chi connectivity index (χ2v) is 7.33. The fourth-order valence-corrected chi connectivity index (χ4v) is 2.97. The second-order valence-electron chi connectivity index (χ2n) is 7.33. The highest BCUT2D eigenvalue weighted by Gasteiger charge is 2.30. The van der Waals surface area contributed by atoms with E-state index in [9.17, 15) is 19.8 Å². The zero-order valence-corrected chi connectivity index (χ0v) is 18.2. The zero-order chi connectivity index (χ0) is 22.1. The van der Waals surface area contributed by atoms with Crippen LogP contribution in [0.4, 0.5) is 0 Å². The molecule has 0 spiro atoms. The van der Waals surface area contributed by atoms with Gasteiger partial charge in [0.2, 0.25) is 0 Å². The van der Waals surface area contributed by atoms with Gasteiger partial charge >= 0.3 is 11.9 Å². The molecule has 0 radical (unpaired) electrons. The highest BCUT2D eigenvalue weighted by atomic mass is 16.6. The Balaban J connectivity index is 0.000000837. The molecule has 0 aromatic rings. The van der Waals surface area contributed by atoms with Crippen molar-refractivity contribution in [3.05, 3.63) is 25.3 Å². The van der Waals surface area contributed by atoms with Crippen LogP contribution in [0.3, 0.4) is 0 Å². The lowest BCUT2D eigenvalue weighted by Gasteiger charge is -2.28. The first-order valence-electron chi connectivity index (χ1n) is 10.9. The highest BCUT2D eigenvalue weighted by Crippen LogP contribution is 2.23. The van der Waals surface area contributed by atoms with Gasteiger partial charge in [-0.2, -0.15) is 0 Å². The molecular formula is C23H40O6. The SMILES string of the molecule is C=CCC.C=CCC.O=C(CC(=O)OC1CCCCC1O)OC1CCCCC1O. The standard InChI is InChI=1S/C15H24O6.2C4H8/c16-10-5-1-3-7-12(10)20-14(18)9-15(19)21-13-8-4-2-6-11(13)17;2*1-3-4-2/h10-13,16-17H,1-9H2;2*3H,1,4H2,2H3. The minimum absolute atomic E-state index is 0.466. The third-order valence-electron chi connectivity index (χ3n) is 4.77. The predicted octanol–water partition coefficient (Wildman–Crippen LogP) is 4.23. The van der Waals surface area contributed by atoms with Crippen LogP contribution in [0.5, 0.6) is 0 Å². The zero-order valence-electron chi connectivity index (χ0n) is 18.2. The summed E-state index contributed by atoms with van der Waals surface area (Å²) < 4.78 is 10.3. The maximum atomic E-state index is 11.7. The van der Waals surface area contributed by atoms with Gasteiger partial charge in [-0.05, 0) is 51.4 Å². The minimum Gasteiger partial charge on any atom is -0.459 e. The van der Waals surface area contributed by atoms with E-state index in [4.69, 9.17) is 9.47 Å². The molecule has 4 unspecified atom stereocenters. The van der Waals surface area contributed by atoms with E-state index in [-0.39, 0.29) is 0 Å². The molecule has 6 nitrogen and oxygen atoms in total. The molecule has 2 N–H and O–H groups in total. The molecule has 0 aromatic heterocycles. The van der Waals surface area contributed by atoms with Crippen LogP contribution in [0.25, 0.3) is 0 Å². The molecule has 6 heteroatoms. The molecule has 0 saturated heterocycles. The van der Waals surface area contributed by atoms with E-state index in [1.54, 1.807) is 0 Å².